The molecule has 1 aromatic carbocycles. The second-order valence-electron chi connectivity index (χ2n) is 4.68. The highest BCUT2D eigenvalue weighted by molar-refractivity contribution is 7.13. The van der Waals surface area contributed by atoms with Crippen LogP contribution < -0.4 is 5.32 Å². The van der Waals surface area contributed by atoms with Crippen LogP contribution in [-0.2, 0) is 0 Å². The zero-order chi connectivity index (χ0) is 16.4. The number of thiazole rings is 1. The average Bonchev–Trinajstić information content (AvgIpc) is 3.17. The summed E-state index contributed by atoms with van der Waals surface area (Å²) in [5.74, 6) is 0.494. The van der Waals surface area contributed by atoms with E-state index < -0.39 is 4.92 Å². The number of nitro groups is 1. The molecule has 3 rings (SSSR count). The Kier molecular flexibility index (Phi) is 3.90. The van der Waals surface area contributed by atoms with Crippen molar-refractivity contribution in [2.45, 2.75) is 6.92 Å². The van der Waals surface area contributed by atoms with Gasteiger partial charge in [-0.3, -0.25) is 20.2 Å². The fraction of sp³-hybridized carbons (Fsp3) is 0.0667. The maximum absolute atomic E-state index is 12.2. The van der Waals surface area contributed by atoms with E-state index in [1.165, 1.54) is 23.5 Å². The quantitative estimate of drug-likeness (QED) is 0.578. The van der Waals surface area contributed by atoms with Gasteiger partial charge in [-0.25, -0.2) is 4.98 Å². The maximum atomic E-state index is 12.2. The Balaban J connectivity index is 1.90. The van der Waals surface area contributed by atoms with Crippen LogP contribution in [0.2, 0.25) is 0 Å². The lowest BCUT2D eigenvalue weighted by atomic mass is 10.1. The van der Waals surface area contributed by atoms with E-state index in [-0.39, 0.29) is 11.6 Å². The first-order valence-corrected chi connectivity index (χ1v) is 7.48. The monoisotopic (exact) mass is 329 g/mol. The van der Waals surface area contributed by atoms with E-state index in [0.717, 1.165) is 0 Å². The number of carbonyl (C=O) groups is 1. The number of hydrogen-bond donors (Lipinski definition) is 1. The molecule has 0 saturated heterocycles. The van der Waals surface area contributed by atoms with Crippen molar-refractivity contribution >= 4 is 28.1 Å². The molecule has 1 amide bonds. The van der Waals surface area contributed by atoms with Crippen LogP contribution >= 0.6 is 11.3 Å². The van der Waals surface area contributed by atoms with Crippen molar-refractivity contribution in [1.29, 1.82) is 0 Å². The molecule has 116 valence electrons. The molecular formula is C15H11N3O4S. The number of nitrogens with one attached hydrogen (secondary N) is 1. The molecule has 2 aromatic heterocycles. The van der Waals surface area contributed by atoms with Crippen molar-refractivity contribution in [3.8, 4) is 11.3 Å². The minimum absolute atomic E-state index is 0.0367. The highest BCUT2D eigenvalue weighted by atomic mass is 32.1. The number of nitrogens with zero attached hydrogens (tertiary/aromatic N) is 2. The van der Waals surface area contributed by atoms with E-state index in [4.69, 9.17) is 4.42 Å². The van der Waals surface area contributed by atoms with Gasteiger partial charge >= 0.3 is 0 Å². The molecule has 0 saturated carbocycles. The number of aromatic nitrogens is 1. The largest absolute Gasteiger partial charge is 0.461 e. The summed E-state index contributed by atoms with van der Waals surface area (Å²) in [6.45, 7) is 1.66. The fourth-order valence-corrected chi connectivity index (χ4v) is 2.60. The lowest BCUT2D eigenvalue weighted by Crippen LogP contribution is -2.11. The van der Waals surface area contributed by atoms with E-state index >= 15 is 0 Å². The summed E-state index contributed by atoms with van der Waals surface area (Å²) in [6.07, 6.45) is 1.59. The number of amides is 1. The third kappa shape index (κ3) is 3.11. The van der Waals surface area contributed by atoms with Gasteiger partial charge in [0.25, 0.3) is 11.6 Å². The summed E-state index contributed by atoms with van der Waals surface area (Å²) in [4.78, 5) is 26.6. The Morgan fingerprint density at radius 1 is 1.39 bits per heavy atom. The lowest BCUT2D eigenvalue weighted by Gasteiger charge is -1.98. The van der Waals surface area contributed by atoms with Gasteiger partial charge in [0, 0.05) is 29.3 Å². The van der Waals surface area contributed by atoms with Crippen molar-refractivity contribution < 1.29 is 14.1 Å². The molecule has 0 atom stereocenters. The Hall–Kier alpha value is -3.00. The predicted molar refractivity (Wildman–Crippen MR) is 85.6 cm³/mol. The first-order chi connectivity index (χ1) is 11.0. The number of hydrogen-bond acceptors (Lipinski definition) is 6. The van der Waals surface area contributed by atoms with Gasteiger partial charge in [0.2, 0.25) is 0 Å². The van der Waals surface area contributed by atoms with Gasteiger partial charge in [-0.05, 0) is 13.0 Å². The Labute approximate surface area is 134 Å². The zero-order valence-electron chi connectivity index (χ0n) is 12.0. The number of nitro benzene ring substituents is 1. The molecule has 0 radical (unpaired) electrons. The van der Waals surface area contributed by atoms with Gasteiger partial charge in [0.05, 0.1) is 10.5 Å². The minimum Gasteiger partial charge on any atom is -0.461 e. The molecule has 3 aromatic rings. The first-order valence-electron chi connectivity index (χ1n) is 6.60. The minimum atomic E-state index is -0.477. The normalized spacial score (nSPS) is 10.5. The van der Waals surface area contributed by atoms with Gasteiger partial charge < -0.3 is 4.42 Å². The molecule has 7 nitrogen and oxygen atoms in total. The number of furan rings is 1. The van der Waals surface area contributed by atoms with Gasteiger partial charge in [0.15, 0.2) is 5.13 Å². The Morgan fingerprint density at radius 2 is 2.22 bits per heavy atom. The highest BCUT2D eigenvalue weighted by Gasteiger charge is 2.18. The second-order valence-corrected chi connectivity index (χ2v) is 5.57. The van der Waals surface area contributed by atoms with Crippen LogP contribution in [0.4, 0.5) is 10.8 Å². The molecule has 0 aliphatic heterocycles. The molecule has 1 N–H and O–H groups in total. The van der Waals surface area contributed by atoms with Crippen LogP contribution in [0.5, 0.6) is 0 Å². The molecule has 0 aliphatic carbocycles. The smallest absolute Gasteiger partial charge is 0.270 e. The third-order valence-electron chi connectivity index (χ3n) is 3.16. The standard InChI is InChI=1S/C15H11N3O4S/c1-9-12(14(19)17-15-16-5-6-23-15)8-13(22-9)10-3-2-4-11(7-10)18(20)21/h2-8H,1H3,(H,16,17,19). The Morgan fingerprint density at radius 3 is 2.91 bits per heavy atom. The molecule has 2 heterocycles. The highest BCUT2D eigenvalue weighted by Crippen LogP contribution is 2.28. The third-order valence-corrected chi connectivity index (χ3v) is 3.85. The van der Waals surface area contributed by atoms with Gasteiger partial charge in [-0.2, -0.15) is 0 Å². The van der Waals surface area contributed by atoms with E-state index in [9.17, 15) is 14.9 Å². The SMILES string of the molecule is Cc1oc(-c2cccc([N+](=O)[O-])c2)cc1C(=O)Nc1nccs1. The molecule has 0 unspecified atom stereocenters. The molecule has 8 heteroatoms. The molecule has 0 spiro atoms. The van der Waals surface area contributed by atoms with Crippen molar-refractivity contribution in [2.24, 2.45) is 0 Å². The summed E-state index contributed by atoms with van der Waals surface area (Å²) in [6, 6.07) is 7.63. The molecule has 23 heavy (non-hydrogen) atoms. The van der Waals surface area contributed by atoms with Crippen LogP contribution in [0.3, 0.4) is 0 Å². The van der Waals surface area contributed by atoms with Crippen LogP contribution in [0.15, 0.2) is 46.3 Å². The van der Waals surface area contributed by atoms with Gasteiger partial charge in [-0.1, -0.05) is 12.1 Å². The van der Waals surface area contributed by atoms with Gasteiger partial charge in [-0.15, -0.1) is 11.3 Å². The van der Waals surface area contributed by atoms with Crippen LogP contribution in [0.25, 0.3) is 11.3 Å². The second kappa shape index (κ2) is 6.01. The maximum Gasteiger partial charge on any atom is 0.270 e. The van der Waals surface area contributed by atoms with E-state index in [1.807, 2.05) is 0 Å². The summed E-state index contributed by atoms with van der Waals surface area (Å²) < 4.78 is 5.58. The van der Waals surface area contributed by atoms with Crippen LogP contribution in [-0.4, -0.2) is 15.8 Å². The van der Waals surface area contributed by atoms with Gasteiger partial charge in [0.1, 0.15) is 11.5 Å². The molecule has 0 bridgehead atoms. The van der Waals surface area contributed by atoms with E-state index in [2.05, 4.69) is 10.3 Å². The molecular weight excluding hydrogens is 318 g/mol. The number of benzene rings is 1. The molecule has 0 aliphatic rings. The number of non-ortho nitro benzene ring substituents is 1. The average molecular weight is 329 g/mol. The summed E-state index contributed by atoms with van der Waals surface area (Å²) in [7, 11) is 0. The van der Waals surface area contributed by atoms with E-state index in [1.54, 1.807) is 36.7 Å². The van der Waals surface area contributed by atoms with Crippen LogP contribution in [0, 0.1) is 17.0 Å². The van der Waals surface area contributed by atoms with Crippen molar-refractivity contribution in [3.05, 3.63) is 63.3 Å². The number of rotatable bonds is 4. The number of carbonyl (C=O) groups excluding carboxylic acids is 1. The van der Waals surface area contributed by atoms with Crippen molar-refractivity contribution in [1.82, 2.24) is 4.98 Å². The van der Waals surface area contributed by atoms with Crippen molar-refractivity contribution in [3.63, 3.8) is 0 Å². The fourth-order valence-electron chi connectivity index (χ4n) is 2.07. The van der Waals surface area contributed by atoms with Crippen molar-refractivity contribution in [2.75, 3.05) is 5.32 Å². The predicted octanol–water partition coefficient (Wildman–Crippen LogP) is 3.87. The summed E-state index contributed by atoms with van der Waals surface area (Å²) in [5.41, 5.74) is 0.864. The van der Waals surface area contributed by atoms with E-state index in [0.29, 0.717) is 27.8 Å². The lowest BCUT2D eigenvalue weighted by molar-refractivity contribution is -0.384. The Bertz CT molecular complexity index is 871. The summed E-state index contributed by atoms with van der Waals surface area (Å²) >= 11 is 1.31. The number of anilines is 1. The molecule has 0 fully saturated rings. The number of aryl methyl sites for hydroxylation is 1. The summed E-state index contributed by atoms with van der Waals surface area (Å²) in [5, 5.41) is 15.8. The first kappa shape index (κ1) is 14.9. The topological polar surface area (TPSA) is 98.3 Å². The van der Waals surface area contributed by atoms with Crippen LogP contribution in [0.1, 0.15) is 16.1 Å². The zero-order valence-corrected chi connectivity index (χ0v) is 12.8.